The summed E-state index contributed by atoms with van der Waals surface area (Å²) in [5.74, 6) is 0. The van der Waals surface area contributed by atoms with Crippen LogP contribution in [-0.2, 0) is 19.5 Å². The van der Waals surface area contributed by atoms with Crippen molar-refractivity contribution >= 4 is 51.0 Å². The number of urea groups is 1. The van der Waals surface area contributed by atoms with Crippen LogP contribution in [-0.4, -0.2) is 95.0 Å². The molecular formula is C28H39Cl2N5O6S. The zero-order valence-electron chi connectivity index (χ0n) is 23.9. The van der Waals surface area contributed by atoms with Crippen molar-refractivity contribution in [2.45, 2.75) is 43.7 Å². The first kappa shape index (κ1) is 33.9. The smallest absolute Gasteiger partial charge is 0.412 e. The van der Waals surface area contributed by atoms with Gasteiger partial charge in [-0.2, -0.15) is 0 Å². The van der Waals surface area contributed by atoms with E-state index in [0.29, 0.717) is 62.9 Å². The second-order valence-corrected chi connectivity index (χ2v) is 12.7. The van der Waals surface area contributed by atoms with Gasteiger partial charge < -0.3 is 19.7 Å². The van der Waals surface area contributed by atoms with Crippen LogP contribution in [0.3, 0.4) is 0 Å². The van der Waals surface area contributed by atoms with Gasteiger partial charge in [0.05, 0.1) is 24.8 Å². The second-order valence-electron chi connectivity index (χ2n) is 10.2. The summed E-state index contributed by atoms with van der Waals surface area (Å²) in [5, 5.41) is 6.01. The minimum Gasteiger partial charge on any atom is -0.443 e. The van der Waals surface area contributed by atoms with Crippen LogP contribution < -0.4 is 15.4 Å². The molecule has 1 aliphatic rings. The van der Waals surface area contributed by atoms with Gasteiger partial charge in [0.25, 0.3) is 0 Å². The van der Waals surface area contributed by atoms with Gasteiger partial charge in [0.1, 0.15) is 11.0 Å². The van der Waals surface area contributed by atoms with E-state index in [4.69, 9.17) is 32.7 Å². The Morgan fingerprint density at radius 1 is 1.07 bits per heavy atom. The molecule has 0 radical (unpaired) electrons. The molecule has 11 nitrogen and oxygen atoms in total. The van der Waals surface area contributed by atoms with Crippen molar-refractivity contribution in [2.75, 3.05) is 57.8 Å². The highest BCUT2D eigenvalue weighted by Crippen LogP contribution is 2.24. The zero-order chi connectivity index (χ0) is 30.5. The van der Waals surface area contributed by atoms with E-state index >= 15 is 0 Å². The number of ether oxygens (including phenoxy) is 2. The maximum Gasteiger partial charge on any atom is 0.412 e. The molecule has 2 aromatic rings. The average Bonchev–Trinajstić information content (AvgIpc) is 2.92. The molecular weight excluding hydrogens is 605 g/mol. The maximum atomic E-state index is 13.1. The van der Waals surface area contributed by atoms with Crippen LogP contribution in [0.1, 0.15) is 26.7 Å². The average molecular weight is 645 g/mol. The van der Waals surface area contributed by atoms with Crippen molar-refractivity contribution in [3.8, 4) is 0 Å². The number of unbranched alkanes of at least 4 members (excludes halogenated alkanes) is 1. The first-order valence-corrected chi connectivity index (χ1v) is 16.1. The minimum absolute atomic E-state index is 0.0362. The molecule has 0 spiro atoms. The summed E-state index contributed by atoms with van der Waals surface area (Å²) in [6.45, 7) is 7.33. The normalized spacial score (nSPS) is 14.8. The molecule has 1 fully saturated rings. The number of hydrogen-bond acceptors (Lipinski definition) is 7. The number of nitrogens with zero attached hydrogens (tertiary/aromatic N) is 2. The first-order valence-electron chi connectivity index (χ1n) is 13.9. The van der Waals surface area contributed by atoms with Gasteiger partial charge in [-0.1, -0.05) is 41.4 Å². The Hall–Kier alpha value is -2.61. The molecule has 1 heterocycles. The van der Waals surface area contributed by atoms with Gasteiger partial charge in [-0.25, -0.2) is 22.7 Å². The van der Waals surface area contributed by atoms with Crippen LogP contribution in [0.25, 0.3) is 0 Å². The molecule has 0 saturated carbocycles. The Kier molecular flexibility index (Phi) is 13.6. The van der Waals surface area contributed by atoms with Crippen LogP contribution in [0.15, 0.2) is 53.4 Å². The first-order chi connectivity index (χ1) is 20.0. The van der Waals surface area contributed by atoms with Gasteiger partial charge in [-0.05, 0) is 57.0 Å². The number of hydrogen-bond donors (Lipinski definition) is 3. The molecule has 1 saturated heterocycles. The van der Waals surface area contributed by atoms with E-state index in [0.717, 1.165) is 0 Å². The number of carbonyl (C=O) groups is 2. The molecule has 1 unspecified atom stereocenters. The van der Waals surface area contributed by atoms with Crippen molar-refractivity contribution in [1.82, 2.24) is 19.8 Å². The summed E-state index contributed by atoms with van der Waals surface area (Å²) in [4.78, 5) is 29.6. The van der Waals surface area contributed by atoms with Crippen LogP contribution in [0.5, 0.6) is 0 Å². The Balaban J connectivity index is 1.62. The molecule has 232 valence electrons. The number of morpholine rings is 1. The highest BCUT2D eigenvalue weighted by molar-refractivity contribution is 7.89. The number of nitrogens with one attached hydrogen (secondary N) is 3. The molecule has 3 amide bonds. The van der Waals surface area contributed by atoms with Gasteiger partial charge in [0.15, 0.2) is 0 Å². The number of para-hydroxylation sites is 1. The molecule has 3 rings (SSSR count). The molecule has 1 atom stereocenters. The van der Waals surface area contributed by atoms with Crippen molar-refractivity contribution in [3.63, 3.8) is 0 Å². The lowest BCUT2D eigenvalue weighted by molar-refractivity contribution is 0.00518. The largest absolute Gasteiger partial charge is 0.443 e. The van der Waals surface area contributed by atoms with E-state index in [1.165, 1.54) is 18.2 Å². The standard InChI is InChI=1S/C28H39Cl2N5O6S/c1-21(2)32-27(36)35(13-7-6-12-31-42(38,39)26-11-10-22(29)18-25(26)30)20-24(19-34-14-16-40-17-15-34)41-28(37)33-23-8-4-3-5-9-23/h3-5,8-11,18,21,24,31H,6-7,12-17,19-20H2,1-2H3,(H,32,36)(H,33,37). The lowest BCUT2D eigenvalue weighted by Gasteiger charge is -2.33. The van der Waals surface area contributed by atoms with Crippen molar-refractivity contribution in [2.24, 2.45) is 0 Å². The van der Waals surface area contributed by atoms with E-state index < -0.39 is 22.2 Å². The van der Waals surface area contributed by atoms with E-state index in [1.54, 1.807) is 17.0 Å². The van der Waals surface area contributed by atoms with E-state index in [9.17, 15) is 18.0 Å². The van der Waals surface area contributed by atoms with Crippen molar-refractivity contribution in [3.05, 3.63) is 58.6 Å². The lowest BCUT2D eigenvalue weighted by Crippen LogP contribution is -2.51. The molecule has 3 N–H and O–H groups in total. The summed E-state index contributed by atoms with van der Waals surface area (Å²) in [7, 11) is -3.83. The number of anilines is 1. The van der Waals surface area contributed by atoms with Crippen LogP contribution in [0.4, 0.5) is 15.3 Å². The predicted molar refractivity (Wildman–Crippen MR) is 164 cm³/mol. The molecule has 2 aromatic carbocycles. The van der Waals surface area contributed by atoms with Gasteiger partial charge >= 0.3 is 12.1 Å². The number of rotatable bonds is 14. The summed E-state index contributed by atoms with van der Waals surface area (Å²) in [5.41, 5.74) is 0.601. The molecule has 0 aliphatic carbocycles. The third-order valence-corrected chi connectivity index (χ3v) is 8.49. The maximum absolute atomic E-state index is 13.1. The Labute approximate surface area is 257 Å². The highest BCUT2D eigenvalue weighted by atomic mass is 35.5. The van der Waals surface area contributed by atoms with Crippen molar-refractivity contribution < 1.29 is 27.5 Å². The summed E-state index contributed by atoms with van der Waals surface area (Å²) in [6.07, 6.45) is -0.267. The fourth-order valence-electron chi connectivity index (χ4n) is 4.29. The fourth-order valence-corrected chi connectivity index (χ4v) is 6.13. The third-order valence-electron chi connectivity index (χ3n) is 6.31. The summed E-state index contributed by atoms with van der Waals surface area (Å²) in [6, 6.07) is 12.8. The third kappa shape index (κ3) is 11.6. The molecule has 0 aromatic heterocycles. The number of carbonyl (C=O) groups excluding carboxylic acids is 2. The minimum atomic E-state index is -3.83. The molecule has 42 heavy (non-hydrogen) atoms. The topological polar surface area (TPSA) is 129 Å². The molecule has 1 aliphatic heterocycles. The Morgan fingerprint density at radius 3 is 2.45 bits per heavy atom. The van der Waals surface area contributed by atoms with Crippen molar-refractivity contribution in [1.29, 1.82) is 0 Å². The van der Waals surface area contributed by atoms with Crippen LogP contribution >= 0.6 is 23.2 Å². The fraction of sp³-hybridized carbons (Fsp3) is 0.500. The summed E-state index contributed by atoms with van der Waals surface area (Å²) < 4.78 is 39.2. The van der Waals surface area contributed by atoms with Gasteiger partial charge in [-0.3, -0.25) is 10.2 Å². The van der Waals surface area contributed by atoms with Crippen LogP contribution in [0, 0.1) is 0 Å². The number of halogens is 2. The predicted octanol–water partition coefficient (Wildman–Crippen LogP) is 4.42. The number of sulfonamides is 1. The SMILES string of the molecule is CC(C)NC(=O)N(CCCCNS(=O)(=O)c1ccc(Cl)cc1Cl)CC(CN1CCOCC1)OC(=O)Nc1ccccc1. The molecule has 14 heteroatoms. The van der Waals surface area contributed by atoms with Gasteiger partial charge in [0.2, 0.25) is 10.0 Å². The summed E-state index contributed by atoms with van der Waals surface area (Å²) >= 11 is 11.9. The quantitative estimate of drug-likeness (QED) is 0.260. The van der Waals surface area contributed by atoms with E-state index in [2.05, 4.69) is 20.3 Å². The van der Waals surface area contributed by atoms with E-state index in [1.807, 2.05) is 32.0 Å². The van der Waals surface area contributed by atoms with Gasteiger partial charge in [-0.15, -0.1) is 0 Å². The second kappa shape index (κ2) is 16.9. The number of amides is 3. The van der Waals surface area contributed by atoms with Crippen LogP contribution in [0.2, 0.25) is 10.0 Å². The van der Waals surface area contributed by atoms with E-state index in [-0.39, 0.29) is 35.1 Å². The molecule has 0 bridgehead atoms. The zero-order valence-corrected chi connectivity index (χ0v) is 26.2. The Morgan fingerprint density at radius 2 is 1.79 bits per heavy atom. The highest BCUT2D eigenvalue weighted by Gasteiger charge is 2.26. The van der Waals surface area contributed by atoms with Gasteiger partial charge in [0, 0.05) is 49.5 Å². The lowest BCUT2D eigenvalue weighted by atomic mass is 10.2. The monoisotopic (exact) mass is 643 g/mol. The Bertz CT molecular complexity index is 1260. The number of benzene rings is 2.